The first-order valence-electron chi connectivity index (χ1n) is 7.79. The molecule has 2 aliphatic rings. The highest BCUT2D eigenvalue weighted by molar-refractivity contribution is 5.20. The molecule has 22 heavy (non-hydrogen) atoms. The summed E-state index contributed by atoms with van der Waals surface area (Å²) in [6.07, 6.45) is 7.95. The van der Waals surface area contributed by atoms with Gasteiger partial charge in [-0.25, -0.2) is 0 Å². The van der Waals surface area contributed by atoms with Gasteiger partial charge < -0.3 is 14.8 Å². The zero-order valence-corrected chi connectivity index (χ0v) is 12.7. The molecule has 1 N–H and O–H groups in total. The van der Waals surface area contributed by atoms with Crippen LogP contribution < -0.4 is 10.1 Å². The maximum Gasteiger partial charge on any atom is 0.157 e. The van der Waals surface area contributed by atoms with Crippen molar-refractivity contribution in [1.82, 2.24) is 24.9 Å². The van der Waals surface area contributed by atoms with E-state index in [1.54, 1.807) is 10.9 Å². The standard InChI is InChI=1S/C15H21N5O2/c1-19-8-12(7-17-19)22-15-10-21-9-13(15)16-5-11-6-18-20-4-2-3-14(11)20/h6-8,13,15-16H,2-5,9-10H2,1H3/t13-,15+/m0/s1. The molecule has 1 fully saturated rings. The first kappa shape index (κ1) is 13.8. The number of fused-ring (bicyclic) bond motifs is 1. The Bertz CT molecular complexity index is 650. The van der Waals surface area contributed by atoms with Gasteiger partial charge in [-0.15, -0.1) is 0 Å². The van der Waals surface area contributed by atoms with Crippen LogP contribution in [0.4, 0.5) is 0 Å². The van der Waals surface area contributed by atoms with Crippen molar-refractivity contribution >= 4 is 0 Å². The SMILES string of the molecule is Cn1cc(O[C@@H]2COC[C@@H]2NCc2cnn3c2CCC3)cn1. The molecule has 2 aromatic heterocycles. The number of hydrogen-bond donors (Lipinski definition) is 1. The van der Waals surface area contributed by atoms with Crippen LogP contribution in [0.5, 0.6) is 5.75 Å². The summed E-state index contributed by atoms with van der Waals surface area (Å²) in [4.78, 5) is 0. The van der Waals surface area contributed by atoms with Gasteiger partial charge in [0.15, 0.2) is 5.75 Å². The van der Waals surface area contributed by atoms with Crippen molar-refractivity contribution in [3.05, 3.63) is 29.8 Å². The molecule has 0 saturated carbocycles. The van der Waals surface area contributed by atoms with Crippen LogP contribution in [-0.4, -0.2) is 44.9 Å². The van der Waals surface area contributed by atoms with Gasteiger partial charge in [0.1, 0.15) is 6.10 Å². The van der Waals surface area contributed by atoms with Gasteiger partial charge in [-0.1, -0.05) is 0 Å². The maximum atomic E-state index is 5.98. The second kappa shape index (κ2) is 5.73. The van der Waals surface area contributed by atoms with E-state index in [1.165, 1.54) is 17.7 Å². The van der Waals surface area contributed by atoms with Gasteiger partial charge in [0.05, 0.1) is 37.8 Å². The molecule has 0 bridgehead atoms. The highest BCUT2D eigenvalue weighted by Crippen LogP contribution is 2.20. The Hall–Kier alpha value is -1.86. The lowest BCUT2D eigenvalue weighted by Crippen LogP contribution is -2.41. The number of aromatic nitrogens is 4. The summed E-state index contributed by atoms with van der Waals surface area (Å²) in [7, 11) is 1.88. The summed E-state index contributed by atoms with van der Waals surface area (Å²) in [6.45, 7) is 3.15. The van der Waals surface area contributed by atoms with E-state index in [9.17, 15) is 0 Å². The lowest BCUT2D eigenvalue weighted by atomic mass is 10.1. The topological polar surface area (TPSA) is 66.1 Å². The lowest BCUT2D eigenvalue weighted by Gasteiger charge is -2.19. The van der Waals surface area contributed by atoms with Gasteiger partial charge in [0.2, 0.25) is 0 Å². The molecular formula is C15H21N5O2. The van der Waals surface area contributed by atoms with E-state index in [-0.39, 0.29) is 12.1 Å². The number of aryl methyl sites for hydroxylation is 2. The van der Waals surface area contributed by atoms with Crippen LogP contribution in [0.3, 0.4) is 0 Å². The monoisotopic (exact) mass is 303 g/mol. The third-order valence-corrected chi connectivity index (χ3v) is 4.37. The molecule has 2 aliphatic heterocycles. The maximum absolute atomic E-state index is 5.98. The molecule has 0 amide bonds. The Morgan fingerprint density at radius 2 is 2.32 bits per heavy atom. The summed E-state index contributed by atoms with van der Waals surface area (Å²) in [6, 6.07) is 0.192. The fraction of sp³-hybridized carbons (Fsp3) is 0.600. The number of rotatable bonds is 5. The third-order valence-electron chi connectivity index (χ3n) is 4.37. The van der Waals surface area contributed by atoms with E-state index in [4.69, 9.17) is 9.47 Å². The molecule has 7 nitrogen and oxygen atoms in total. The summed E-state index contributed by atoms with van der Waals surface area (Å²) in [5, 5.41) is 12.1. The minimum Gasteiger partial charge on any atom is -0.483 e. The van der Waals surface area contributed by atoms with Crippen molar-refractivity contribution in [2.75, 3.05) is 13.2 Å². The minimum atomic E-state index is 0.0211. The van der Waals surface area contributed by atoms with E-state index in [0.717, 1.165) is 25.3 Å². The average molecular weight is 303 g/mol. The first-order chi connectivity index (χ1) is 10.8. The minimum absolute atomic E-state index is 0.0211. The van der Waals surface area contributed by atoms with Crippen molar-refractivity contribution in [3.8, 4) is 5.75 Å². The van der Waals surface area contributed by atoms with Crippen LogP contribution >= 0.6 is 0 Å². The van der Waals surface area contributed by atoms with Crippen LogP contribution in [0.1, 0.15) is 17.7 Å². The normalized spacial score (nSPS) is 23.9. The van der Waals surface area contributed by atoms with E-state index in [0.29, 0.717) is 13.2 Å². The summed E-state index contributed by atoms with van der Waals surface area (Å²) < 4.78 is 15.4. The fourth-order valence-electron chi connectivity index (χ4n) is 3.19. The molecule has 4 rings (SSSR count). The molecule has 1 saturated heterocycles. The Balaban J connectivity index is 1.37. The van der Waals surface area contributed by atoms with E-state index >= 15 is 0 Å². The average Bonchev–Trinajstić information content (AvgIpc) is 3.23. The largest absolute Gasteiger partial charge is 0.483 e. The van der Waals surface area contributed by atoms with Crippen LogP contribution in [-0.2, 0) is 31.3 Å². The Kier molecular flexibility index (Phi) is 3.59. The summed E-state index contributed by atoms with van der Waals surface area (Å²) >= 11 is 0. The number of hydrogen-bond acceptors (Lipinski definition) is 5. The van der Waals surface area contributed by atoms with Gasteiger partial charge >= 0.3 is 0 Å². The van der Waals surface area contributed by atoms with Crippen LogP contribution in [0.25, 0.3) is 0 Å². The quantitative estimate of drug-likeness (QED) is 0.871. The molecular weight excluding hydrogens is 282 g/mol. The smallest absolute Gasteiger partial charge is 0.157 e. The molecule has 2 atom stereocenters. The highest BCUT2D eigenvalue weighted by Gasteiger charge is 2.30. The van der Waals surface area contributed by atoms with Crippen molar-refractivity contribution in [3.63, 3.8) is 0 Å². The molecule has 0 unspecified atom stereocenters. The van der Waals surface area contributed by atoms with Crippen LogP contribution in [0.15, 0.2) is 18.6 Å². The zero-order chi connectivity index (χ0) is 14.9. The van der Waals surface area contributed by atoms with E-state index in [2.05, 4.69) is 20.2 Å². The molecule has 118 valence electrons. The van der Waals surface area contributed by atoms with Gasteiger partial charge in [-0.3, -0.25) is 9.36 Å². The molecule has 0 aromatic carbocycles. The molecule has 4 heterocycles. The second-order valence-corrected chi connectivity index (χ2v) is 5.97. The Morgan fingerprint density at radius 3 is 3.18 bits per heavy atom. The molecule has 0 spiro atoms. The first-order valence-corrected chi connectivity index (χ1v) is 7.79. The van der Waals surface area contributed by atoms with Crippen molar-refractivity contribution in [2.45, 2.75) is 38.1 Å². The van der Waals surface area contributed by atoms with E-state index < -0.39 is 0 Å². The molecule has 0 aliphatic carbocycles. The van der Waals surface area contributed by atoms with Crippen LogP contribution in [0.2, 0.25) is 0 Å². The lowest BCUT2D eigenvalue weighted by molar-refractivity contribution is 0.139. The molecule has 7 heteroatoms. The van der Waals surface area contributed by atoms with Crippen molar-refractivity contribution < 1.29 is 9.47 Å². The number of nitrogens with one attached hydrogen (secondary N) is 1. The van der Waals surface area contributed by atoms with Gasteiger partial charge in [0.25, 0.3) is 0 Å². The summed E-state index contributed by atoms with van der Waals surface area (Å²) in [5.41, 5.74) is 2.67. The second-order valence-electron chi connectivity index (χ2n) is 5.97. The number of ether oxygens (including phenoxy) is 2. The van der Waals surface area contributed by atoms with Gasteiger partial charge in [-0.05, 0) is 12.8 Å². The number of nitrogens with zero attached hydrogens (tertiary/aromatic N) is 4. The third kappa shape index (κ3) is 2.62. The van der Waals surface area contributed by atoms with Gasteiger partial charge in [-0.2, -0.15) is 10.2 Å². The Labute approximate surface area is 129 Å². The zero-order valence-electron chi connectivity index (χ0n) is 12.7. The van der Waals surface area contributed by atoms with E-state index in [1.807, 2.05) is 19.4 Å². The van der Waals surface area contributed by atoms with Crippen molar-refractivity contribution in [2.24, 2.45) is 7.05 Å². The fourth-order valence-corrected chi connectivity index (χ4v) is 3.19. The van der Waals surface area contributed by atoms with Gasteiger partial charge in [0, 0.05) is 31.4 Å². The highest BCUT2D eigenvalue weighted by atomic mass is 16.5. The summed E-state index contributed by atoms with van der Waals surface area (Å²) in [5.74, 6) is 0.788. The molecule has 2 aromatic rings. The predicted molar refractivity (Wildman–Crippen MR) is 79.6 cm³/mol. The van der Waals surface area contributed by atoms with Crippen molar-refractivity contribution in [1.29, 1.82) is 0 Å². The predicted octanol–water partition coefficient (Wildman–Crippen LogP) is 0.499. The van der Waals surface area contributed by atoms with Crippen LogP contribution in [0, 0.1) is 0 Å². The Morgan fingerprint density at radius 1 is 1.36 bits per heavy atom. The molecule has 0 radical (unpaired) electrons.